The Morgan fingerprint density at radius 3 is 2.30 bits per heavy atom. The Bertz CT molecular complexity index is 743. The van der Waals surface area contributed by atoms with E-state index >= 15 is 0 Å². The highest BCUT2D eigenvalue weighted by Crippen LogP contribution is 2.31. The Balaban J connectivity index is 2.27. The number of nitrogens with zero attached hydrogens (tertiary/aromatic N) is 2. The average molecular weight is 269 g/mol. The fraction of sp³-hybridized carbons (Fsp3) is 0.200. The second-order valence-electron chi connectivity index (χ2n) is 4.45. The molecule has 1 aromatic carbocycles. The second-order valence-corrected chi connectivity index (χ2v) is 4.45. The zero-order chi connectivity index (χ0) is 14.1. The lowest BCUT2D eigenvalue weighted by Crippen LogP contribution is -1.97. The number of fused-ring (bicyclic) bond motifs is 1. The highest BCUT2D eigenvalue weighted by Gasteiger charge is 2.15. The number of para-hydroxylation sites is 1. The van der Waals surface area contributed by atoms with Gasteiger partial charge in [0.05, 0.1) is 20.3 Å². The number of hydrogen-bond acceptors (Lipinski definition) is 4. The smallest absolute Gasteiger partial charge is 0.220 e. The zero-order valence-corrected chi connectivity index (χ0v) is 11.6. The molecule has 0 bridgehead atoms. The maximum Gasteiger partial charge on any atom is 0.220 e. The summed E-state index contributed by atoms with van der Waals surface area (Å²) in [7, 11) is 3.15. The number of rotatable bonds is 3. The van der Waals surface area contributed by atoms with Crippen molar-refractivity contribution >= 4 is 10.9 Å². The molecular formula is C15H15N3O2. The number of aromatic amines is 1. The number of hydrogen-bond donors (Lipinski definition) is 1. The van der Waals surface area contributed by atoms with Crippen LogP contribution in [-0.2, 0) is 0 Å². The molecule has 0 atom stereocenters. The molecule has 0 aliphatic heterocycles. The first kappa shape index (κ1) is 12.5. The van der Waals surface area contributed by atoms with Gasteiger partial charge in [-0.15, -0.1) is 0 Å². The first-order valence-corrected chi connectivity index (χ1v) is 6.27. The van der Waals surface area contributed by atoms with Crippen molar-refractivity contribution in [1.82, 2.24) is 15.0 Å². The molecule has 0 aliphatic carbocycles. The molecule has 2 aromatic heterocycles. The molecule has 3 aromatic rings. The topological polar surface area (TPSA) is 60.0 Å². The van der Waals surface area contributed by atoms with Crippen LogP contribution < -0.4 is 9.47 Å². The Kier molecular flexibility index (Phi) is 3.02. The van der Waals surface area contributed by atoms with Crippen molar-refractivity contribution in [3.63, 3.8) is 0 Å². The van der Waals surface area contributed by atoms with E-state index in [2.05, 4.69) is 15.0 Å². The summed E-state index contributed by atoms with van der Waals surface area (Å²) in [6, 6.07) is 9.73. The third-order valence-corrected chi connectivity index (χ3v) is 3.21. The normalized spacial score (nSPS) is 10.8. The van der Waals surface area contributed by atoms with Gasteiger partial charge in [-0.2, -0.15) is 9.97 Å². The molecule has 2 heterocycles. The van der Waals surface area contributed by atoms with E-state index in [0.717, 1.165) is 22.2 Å². The van der Waals surface area contributed by atoms with Gasteiger partial charge in [0.15, 0.2) is 5.82 Å². The predicted molar refractivity (Wildman–Crippen MR) is 77.2 cm³/mol. The highest BCUT2D eigenvalue weighted by atomic mass is 16.5. The lowest BCUT2D eigenvalue weighted by Gasteiger charge is -2.06. The van der Waals surface area contributed by atoms with Crippen LogP contribution >= 0.6 is 0 Å². The van der Waals surface area contributed by atoms with Crippen LogP contribution in [0, 0.1) is 6.92 Å². The zero-order valence-electron chi connectivity index (χ0n) is 11.6. The van der Waals surface area contributed by atoms with E-state index in [-0.39, 0.29) is 0 Å². The molecule has 3 rings (SSSR count). The van der Waals surface area contributed by atoms with E-state index in [4.69, 9.17) is 9.47 Å². The molecule has 102 valence electrons. The van der Waals surface area contributed by atoms with Gasteiger partial charge in [0.2, 0.25) is 11.8 Å². The van der Waals surface area contributed by atoms with Crippen LogP contribution in [-0.4, -0.2) is 29.2 Å². The van der Waals surface area contributed by atoms with Gasteiger partial charge >= 0.3 is 0 Å². The van der Waals surface area contributed by atoms with Gasteiger partial charge in [0.25, 0.3) is 0 Å². The predicted octanol–water partition coefficient (Wildman–Crippen LogP) is 2.95. The van der Waals surface area contributed by atoms with Crippen molar-refractivity contribution in [3.8, 4) is 23.1 Å². The summed E-state index contributed by atoms with van der Waals surface area (Å²) in [6.07, 6.45) is 0. The van der Waals surface area contributed by atoms with E-state index in [1.807, 2.05) is 31.2 Å². The van der Waals surface area contributed by atoms with Gasteiger partial charge in [-0.25, -0.2) is 0 Å². The standard InChI is InChI=1S/C15H15N3O2/c1-9-14(10-6-4-5-7-11(10)16-9)15-17-12(19-2)8-13(18-15)20-3/h4-8,16H,1-3H3. The highest BCUT2D eigenvalue weighted by molar-refractivity contribution is 5.95. The van der Waals surface area contributed by atoms with Crippen molar-refractivity contribution < 1.29 is 9.47 Å². The minimum Gasteiger partial charge on any atom is -0.481 e. The molecule has 0 amide bonds. The van der Waals surface area contributed by atoms with Gasteiger partial charge in [-0.3, -0.25) is 0 Å². The SMILES string of the molecule is COc1cc(OC)nc(-c2c(C)[nH]c3ccccc23)n1. The first-order valence-electron chi connectivity index (χ1n) is 6.27. The van der Waals surface area contributed by atoms with Crippen molar-refractivity contribution in [2.45, 2.75) is 6.92 Å². The molecule has 5 heteroatoms. The molecular weight excluding hydrogens is 254 g/mol. The molecule has 0 aliphatic rings. The van der Waals surface area contributed by atoms with Crippen molar-refractivity contribution in [2.24, 2.45) is 0 Å². The summed E-state index contributed by atoms with van der Waals surface area (Å²) in [6.45, 7) is 2.00. The number of aryl methyl sites for hydroxylation is 1. The minimum atomic E-state index is 0.483. The number of aromatic nitrogens is 3. The molecule has 0 fully saturated rings. The number of benzene rings is 1. The van der Waals surface area contributed by atoms with Gasteiger partial charge in [0, 0.05) is 22.2 Å². The molecule has 0 saturated carbocycles. The van der Waals surface area contributed by atoms with Crippen LogP contribution in [0.15, 0.2) is 30.3 Å². The fourth-order valence-electron chi connectivity index (χ4n) is 2.29. The van der Waals surface area contributed by atoms with Gasteiger partial charge in [0.1, 0.15) is 0 Å². The summed E-state index contributed by atoms with van der Waals surface area (Å²) in [5.74, 6) is 1.56. The van der Waals surface area contributed by atoms with Gasteiger partial charge < -0.3 is 14.5 Å². The maximum atomic E-state index is 5.21. The van der Waals surface area contributed by atoms with Crippen LogP contribution in [0.2, 0.25) is 0 Å². The minimum absolute atomic E-state index is 0.483. The monoisotopic (exact) mass is 269 g/mol. The van der Waals surface area contributed by atoms with Gasteiger partial charge in [-0.1, -0.05) is 18.2 Å². The largest absolute Gasteiger partial charge is 0.481 e. The van der Waals surface area contributed by atoms with E-state index in [0.29, 0.717) is 17.6 Å². The molecule has 20 heavy (non-hydrogen) atoms. The Morgan fingerprint density at radius 2 is 1.65 bits per heavy atom. The van der Waals surface area contributed by atoms with Crippen LogP contribution in [0.3, 0.4) is 0 Å². The van der Waals surface area contributed by atoms with E-state index in [9.17, 15) is 0 Å². The summed E-state index contributed by atoms with van der Waals surface area (Å²) in [5, 5.41) is 1.08. The number of nitrogens with one attached hydrogen (secondary N) is 1. The molecule has 0 saturated heterocycles. The van der Waals surface area contributed by atoms with Crippen LogP contribution in [0.1, 0.15) is 5.69 Å². The Hall–Kier alpha value is -2.56. The molecule has 0 spiro atoms. The van der Waals surface area contributed by atoms with Crippen molar-refractivity contribution in [3.05, 3.63) is 36.0 Å². The van der Waals surface area contributed by atoms with Crippen molar-refractivity contribution in [2.75, 3.05) is 14.2 Å². The Morgan fingerprint density at radius 1 is 1.00 bits per heavy atom. The summed E-state index contributed by atoms with van der Waals surface area (Å²) >= 11 is 0. The molecule has 0 unspecified atom stereocenters. The third kappa shape index (κ3) is 1.97. The number of H-pyrrole nitrogens is 1. The summed E-state index contributed by atoms with van der Waals surface area (Å²) in [4.78, 5) is 12.2. The van der Waals surface area contributed by atoms with Crippen LogP contribution in [0.25, 0.3) is 22.3 Å². The summed E-state index contributed by atoms with van der Waals surface area (Å²) < 4.78 is 10.4. The average Bonchev–Trinajstić information content (AvgIpc) is 2.82. The molecule has 0 radical (unpaired) electrons. The van der Waals surface area contributed by atoms with Crippen LogP contribution in [0.5, 0.6) is 11.8 Å². The lowest BCUT2D eigenvalue weighted by atomic mass is 10.1. The van der Waals surface area contributed by atoms with Gasteiger partial charge in [-0.05, 0) is 13.0 Å². The quantitative estimate of drug-likeness (QED) is 0.794. The number of methoxy groups -OCH3 is 2. The number of ether oxygens (including phenoxy) is 2. The van der Waals surface area contributed by atoms with E-state index < -0.39 is 0 Å². The first-order chi connectivity index (χ1) is 9.72. The molecule has 5 nitrogen and oxygen atoms in total. The van der Waals surface area contributed by atoms with Crippen LogP contribution in [0.4, 0.5) is 0 Å². The Labute approximate surface area is 116 Å². The summed E-state index contributed by atoms with van der Waals surface area (Å²) in [5.41, 5.74) is 3.05. The lowest BCUT2D eigenvalue weighted by molar-refractivity contribution is 0.373. The van der Waals surface area contributed by atoms with Crippen molar-refractivity contribution in [1.29, 1.82) is 0 Å². The fourth-order valence-corrected chi connectivity index (χ4v) is 2.29. The third-order valence-electron chi connectivity index (χ3n) is 3.21. The van der Waals surface area contributed by atoms with E-state index in [1.165, 1.54) is 0 Å². The maximum absolute atomic E-state index is 5.21. The van der Waals surface area contributed by atoms with E-state index in [1.54, 1.807) is 20.3 Å². The molecule has 1 N–H and O–H groups in total. The second kappa shape index (κ2) is 4.85.